The smallest absolute Gasteiger partial charge is 0.404 e. The van der Waals surface area contributed by atoms with Crippen molar-refractivity contribution in [2.45, 2.75) is 46.8 Å². The summed E-state index contributed by atoms with van der Waals surface area (Å²) in [6.45, 7) is 13.2. The lowest BCUT2D eigenvalue weighted by Crippen LogP contribution is -2.19. The number of hydrogen-bond donors (Lipinski definition) is 4. The summed E-state index contributed by atoms with van der Waals surface area (Å²) in [6, 6.07) is 5.79. The van der Waals surface area contributed by atoms with E-state index in [9.17, 15) is 9.18 Å². The van der Waals surface area contributed by atoms with Gasteiger partial charge in [0.1, 0.15) is 5.82 Å². The maximum atomic E-state index is 12.5. The molecule has 0 aliphatic carbocycles. The van der Waals surface area contributed by atoms with Gasteiger partial charge in [0.05, 0.1) is 6.10 Å². The Hall–Kier alpha value is -2.51. The van der Waals surface area contributed by atoms with E-state index >= 15 is 0 Å². The van der Waals surface area contributed by atoms with Crippen LogP contribution in [-0.4, -0.2) is 42.2 Å². The fourth-order valence-electron chi connectivity index (χ4n) is 1.91. The normalized spacial score (nSPS) is 15.2. The van der Waals surface area contributed by atoms with Crippen LogP contribution in [0.2, 0.25) is 0 Å². The van der Waals surface area contributed by atoms with Crippen molar-refractivity contribution in [3.63, 3.8) is 0 Å². The molecule has 7 heteroatoms. The fraction of sp³-hybridized carbons (Fsp3) is 0.429. The van der Waals surface area contributed by atoms with Gasteiger partial charge in [-0.05, 0) is 56.8 Å². The van der Waals surface area contributed by atoms with Crippen molar-refractivity contribution in [3.8, 4) is 0 Å². The molecule has 28 heavy (non-hydrogen) atoms. The number of nitrogens with one attached hydrogen (secondary N) is 2. The number of nitrogens with zero attached hydrogens (tertiary/aromatic N) is 1. The summed E-state index contributed by atoms with van der Waals surface area (Å²) in [4.78, 5) is 13.6. The van der Waals surface area contributed by atoms with Crippen molar-refractivity contribution in [1.29, 1.82) is 0 Å². The van der Waals surface area contributed by atoms with Gasteiger partial charge in [-0.2, -0.15) is 0 Å². The van der Waals surface area contributed by atoms with Crippen LogP contribution in [0.5, 0.6) is 0 Å². The number of aliphatic hydroxyl groups is 1. The Bertz CT molecular complexity index is 598. The molecule has 0 radical (unpaired) electrons. The number of carboxylic acid groups (broad SMARTS) is 1. The van der Waals surface area contributed by atoms with Crippen LogP contribution in [0.25, 0.3) is 0 Å². The molecule has 2 rings (SSSR count). The van der Waals surface area contributed by atoms with Crippen LogP contribution < -0.4 is 10.6 Å². The van der Waals surface area contributed by atoms with Crippen molar-refractivity contribution in [2.75, 3.05) is 13.1 Å². The predicted octanol–water partition coefficient (Wildman–Crippen LogP) is 4.13. The molecule has 1 heterocycles. The maximum absolute atomic E-state index is 12.5. The summed E-state index contributed by atoms with van der Waals surface area (Å²) in [7, 11) is 0. The first-order valence-electron chi connectivity index (χ1n) is 9.24. The Morgan fingerprint density at radius 2 is 2.14 bits per heavy atom. The molecule has 1 aliphatic heterocycles. The van der Waals surface area contributed by atoms with Crippen LogP contribution in [-0.2, 0) is 6.54 Å². The second kappa shape index (κ2) is 19.3. The molecule has 0 spiro atoms. The lowest BCUT2D eigenvalue weighted by Gasteiger charge is -2.00. The van der Waals surface area contributed by atoms with Crippen molar-refractivity contribution in [1.82, 2.24) is 10.6 Å². The minimum absolute atomic E-state index is 0.0648. The molecule has 0 aromatic heterocycles. The molecule has 1 fully saturated rings. The van der Waals surface area contributed by atoms with Gasteiger partial charge in [0.15, 0.2) is 0 Å². The van der Waals surface area contributed by atoms with Gasteiger partial charge in [0.2, 0.25) is 0 Å². The average molecular weight is 396 g/mol. The third-order valence-electron chi connectivity index (χ3n) is 3.09. The highest BCUT2D eigenvalue weighted by atomic mass is 19.1. The van der Waals surface area contributed by atoms with Gasteiger partial charge < -0.3 is 20.8 Å². The topological polar surface area (TPSA) is 94.0 Å². The van der Waals surface area contributed by atoms with Crippen molar-refractivity contribution in [3.05, 3.63) is 59.6 Å². The van der Waals surface area contributed by atoms with Crippen LogP contribution in [0.1, 0.15) is 39.7 Å². The van der Waals surface area contributed by atoms with Crippen molar-refractivity contribution >= 4 is 12.8 Å². The molecule has 4 N–H and O–H groups in total. The second-order valence-corrected chi connectivity index (χ2v) is 5.49. The van der Waals surface area contributed by atoms with E-state index in [1.807, 2.05) is 39.8 Å². The largest absolute Gasteiger partial charge is 0.465 e. The van der Waals surface area contributed by atoms with E-state index < -0.39 is 6.09 Å². The lowest BCUT2D eigenvalue weighted by molar-refractivity contribution is 0.193. The molecule has 1 saturated heterocycles. The van der Waals surface area contributed by atoms with Crippen molar-refractivity contribution in [2.24, 2.45) is 4.99 Å². The quantitative estimate of drug-likeness (QED) is 0.455. The SMILES string of the molecule is C=N/C=C(C)\C=C/C.CC.O=C(O)NCc1cccc(F)c1.OC1CCNC1. The summed E-state index contributed by atoms with van der Waals surface area (Å²) in [5, 5.41) is 22.1. The summed E-state index contributed by atoms with van der Waals surface area (Å²) >= 11 is 0. The van der Waals surface area contributed by atoms with Crippen molar-refractivity contribution < 1.29 is 19.4 Å². The average Bonchev–Trinajstić information content (AvgIpc) is 3.14. The predicted molar refractivity (Wildman–Crippen MR) is 114 cm³/mol. The Kier molecular flexibility index (Phi) is 19.1. The number of β-amino-alcohol motifs (C(OH)–C–C–N with tert-alkyl or cyclic N) is 1. The molecule has 1 atom stereocenters. The fourth-order valence-corrected chi connectivity index (χ4v) is 1.91. The third-order valence-corrected chi connectivity index (χ3v) is 3.09. The highest BCUT2D eigenvalue weighted by Crippen LogP contribution is 2.02. The van der Waals surface area contributed by atoms with Gasteiger partial charge in [0.25, 0.3) is 0 Å². The second-order valence-electron chi connectivity index (χ2n) is 5.49. The molecular weight excluding hydrogens is 361 g/mol. The van der Waals surface area contributed by atoms with Crippen LogP contribution >= 0.6 is 0 Å². The number of amides is 1. The van der Waals surface area contributed by atoms with E-state index in [-0.39, 0.29) is 18.5 Å². The van der Waals surface area contributed by atoms with E-state index in [0.717, 1.165) is 25.1 Å². The molecule has 0 bridgehead atoms. The standard InChI is InChI=1S/C8H8FNO2.C7H11N.C4H9NO.C2H6/c9-7-3-1-2-6(4-7)5-10-8(11)12;1-4-5-7(2)6-8-3;6-4-1-2-5-3-4;1-2/h1-4,10H,5H2,(H,11,12);4-6H,3H2,1-2H3;4-6H,1-3H2;1-2H3/b;5-4-,7-6-;;. The molecule has 0 saturated carbocycles. The Labute approximate surface area is 167 Å². The molecule has 1 unspecified atom stereocenters. The summed E-state index contributed by atoms with van der Waals surface area (Å²) in [6.07, 6.45) is 5.43. The minimum Gasteiger partial charge on any atom is -0.465 e. The van der Waals surface area contributed by atoms with Gasteiger partial charge in [-0.15, -0.1) is 0 Å². The number of halogens is 1. The zero-order valence-electron chi connectivity index (χ0n) is 17.3. The zero-order chi connectivity index (χ0) is 21.8. The molecule has 6 nitrogen and oxygen atoms in total. The van der Waals surface area contributed by atoms with Crippen LogP contribution in [0.15, 0.2) is 53.2 Å². The van der Waals surface area contributed by atoms with Gasteiger partial charge in [-0.25, -0.2) is 9.18 Å². The third kappa shape index (κ3) is 18.3. The Morgan fingerprint density at radius 3 is 2.54 bits per heavy atom. The van der Waals surface area contributed by atoms with Crippen LogP contribution in [0.4, 0.5) is 9.18 Å². The summed E-state index contributed by atoms with van der Waals surface area (Å²) in [5.41, 5.74) is 1.74. The van der Waals surface area contributed by atoms with Crippen LogP contribution in [0.3, 0.4) is 0 Å². The van der Waals surface area contributed by atoms with E-state index in [1.54, 1.807) is 12.3 Å². The number of carbonyl (C=O) groups is 1. The van der Waals surface area contributed by atoms with Crippen LogP contribution in [0, 0.1) is 5.82 Å². The molecule has 158 valence electrons. The summed E-state index contributed by atoms with van der Waals surface area (Å²) in [5.74, 6) is -0.361. The monoisotopic (exact) mass is 395 g/mol. The highest BCUT2D eigenvalue weighted by Gasteiger charge is 2.08. The molecule has 1 amide bonds. The molecule has 1 aromatic rings. The number of aliphatic hydroxyl groups excluding tert-OH is 1. The Balaban J connectivity index is 0. The number of benzene rings is 1. The van der Waals surface area contributed by atoms with E-state index in [0.29, 0.717) is 5.56 Å². The maximum Gasteiger partial charge on any atom is 0.404 e. The first-order chi connectivity index (χ1) is 13.4. The van der Waals surface area contributed by atoms with Gasteiger partial charge in [0, 0.05) is 19.3 Å². The van der Waals surface area contributed by atoms with Gasteiger partial charge >= 0.3 is 6.09 Å². The zero-order valence-corrected chi connectivity index (χ0v) is 17.3. The molecular formula is C21H34FN3O3. The first kappa shape index (κ1) is 27.7. The number of aliphatic imine (C=N–C) groups is 1. The highest BCUT2D eigenvalue weighted by molar-refractivity contribution is 5.64. The number of hydrogen-bond acceptors (Lipinski definition) is 4. The van der Waals surface area contributed by atoms with Gasteiger partial charge in [-0.1, -0.05) is 38.1 Å². The number of rotatable bonds is 4. The molecule has 1 aromatic carbocycles. The Morgan fingerprint density at radius 1 is 1.46 bits per heavy atom. The van der Waals surface area contributed by atoms with E-state index in [4.69, 9.17) is 10.2 Å². The van der Waals surface area contributed by atoms with Gasteiger partial charge in [-0.3, -0.25) is 4.99 Å². The molecule has 1 aliphatic rings. The number of allylic oxidation sites excluding steroid dienone is 3. The minimum atomic E-state index is -1.11. The summed E-state index contributed by atoms with van der Waals surface area (Å²) < 4.78 is 12.5. The first-order valence-corrected chi connectivity index (χ1v) is 9.24. The lowest BCUT2D eigenvalue weighted by atomic mass is 10.2. The van der Waals surface area contributed by atoms with E-state index in [2.05, 4.69) is 22.3 Å². The van der Waals surface area contributed by atoms with E-state index in [1.165, 1.54) is 18.2 Å².